The molecule has 0 rings (SSSR count). The van der Waals surface area contributed by atoms with Gasteiger partial charge in [-0.25, -0.2) is 4.99 Å². The summed E-state index contributed by atoms with van der Waals surface area (Å²) in [5.74, 6) is 0. The maximum Gasteiger partial charge on any atom is 0.259 e. The van der Waals surface area contributed by atoms with Crippen molar-refractivity contribution < 1.29 is 9.47 Å². The Labute approximate surface area is 74.2 Å². The Balaban J connectivity index is 3.76. The molecule has 0 radical (unpaired) electrons. The zero-order chi connectivity index (χ0) is 9.40. The number of aliphatic imine (C=N–C) groups is 1. The van der Waals surface area contributed by atoms with Gasteiger partial charge in [-0.1, -0.05) is 0 Å². The molecule has 0 saturated carbocycles. The van der Waals surface area contributed by atoms with Crippen molar-refractivity contribution in [1.29, 1.82) is 0 Å². The van der Waals surface area contributed by atoms with E-state index >= 15 is 0 Å². The van der Waals surface area contributed by atoms with E-state index in [1.54, 1.807) is 6.34 Å². The summed E-state index contributed by atoms with van der Waals surface area (Å²) in [4.78, 5) is 5.90. The summed E-state index contributed by atoms with van der Waals surface area (Å²) < 4.78 is 10.4. The van der Waals surface area contributed by atoms with Crippen LogP contribution in [0.5, 0.6) is 0 Å². The molecular formula is C8H18N2O2. The Bertz CT molecular complexity index is 120. The lowest BCUT2D eigenvalue weighted by Gasteiger charge is -2.12. The molecule has 0 spiro atoms. The average molecular weight is 174 g/mol. The van der Waals surface area contributed by atoms with Crippen LogP contribution in [0, 0.1) is 0 Å². The van der Waals surface area contributed by atoms with Gasteiger partial charge in [0.2, 0.25) is 0 Å². The Morgan fingerprint density at radius 2 is 1.75 bits per heavy atom. The summed E-state index contributed by atoms with van der Waals surface area (Å²) >= 11 is 0. The predicted octanol–water partition coefficient (Wildman–Crippen LogP) is 0.933. The molecule has 0 unspecified atom stereocenters. The zero-order valence-corrected chi connectivity index (χ0v) is 8.28. The molecule has 0 fully saturated rings. The second-order valence-corrected chi connectivity index (χ2v) is 2.45. The summed E-state index contributed by atoms with van der Waals surface area (Å²) in [6.45, 7) is 5.04. The first-order valence-corrected chi connectivity index (χ1v) is 4.13. The van der Waals surface area contributed by atoms with E-state index < -0.39 is 6.41 Å². The molecule has 0 aliphatic rings. The van der Waals surface area contributed by atoms with Crippen molar-refractivity contribution in [3.8, 4) is 0 Å². The van der Waals surface area contributed by atoms with Gasteiger partial charge in [0, 0.05) is 27.3 Å². The van der Waals surface area contributed by atoms with Gasteiger partial charge in [-0.15, -0.1) is 0 Å². The molecule has 0 aliphatic carbocycles. The minimum Gasteiger partial charge on any atom is -0.369 e. The predicted molar refractivity (Wildman–Crippen MR) is 49.2 cm³/mol. The molecule has 4 heteroatoms. The highest BCUT2D eigenvalue weighted by molar-refractivity contribution is 5.53. The third-order valence-corrected chi connectivity index (χ3v) is 1.04. The van der Waals surface area contributed by atoms with Crippen molar-refractivity contribution in [3.05, 3.63) is 0 Å². The van der Waals surface area contributed by atoms with Crippen LogP contribution in [0.4, 0.5) is 0 Å². The Morgan fingerprint density at radius 3 is 2.08 bits per heavy atom. The normalized spacial score (nSPS) is 11.4. The van der Waals surface area contributed by atoms with Crippen molar-refractivity contribution in [2.45, 2.75) is 20.3 Å². The number of rotatable bonds is 6. The molecule has 12 heavy (non-hydrogen) atoms. The van der Waals surface area contributed by atoms with Gasteiger partial charge in [0.05, 0.1) is 6.34 Å². The van der Waals surface area contributed by atoms with Crippen LogP contribution in [0.25, 0.3) is 0 Å². The van der Waals surface area contributed by atoms with E-state index in [1.807, 2.05) is 32.8 Å². The third kappa shape index (κ3) is 6.12. The van der Waals surface area contributed by atoms with E-state index in [4.69, 9.17) is 9.47 Å². The van der Waals surface area contributed by atoms with Gasteiger partial charge >= 0.3 is 0 Å². The Morgan fingerprint density at radius 1 is 1.25 bits per heavy atom. The van der Waals surface area contributed by atoms with Gasteiger partial charge in [-0.2, -0.15) is 0 Å². The smallest absolute Gasteiger partial charge is 0.259 e. The minimum absolute atomic E-state index is 0.456. The Hall–Kier alpha value is -0.610. The van der Waals surface area contributed by atoms with Crippen molar-refractivity contribution in [2.75, 3.05) is 27.3 Å². The summed E-state index contributed by atoms with van der Waals surface area (Å²) in [5.41, 5.74) is 0. The third-order valence-electron chi connectivity index (χ3n) is 1.04. The molecule has 0 aromatic carbocycles. The fourth-order valence-electron chi connectivity index (χ4n) is 0.607. The van der Waals surface area contributed by atoms with Crippen molar-refractivity contribution in [3.63, 3.8) is 0 Å². The summed E-state index contributed by atoms with van der Waals surface area (Å²) in [6.07, 6.45) is 1.22. The minimum atomic E-state index is -0.456. The first-order chi connectivity index (χ1) is 5.70. The SMILES string of the molecule is CCOC(N=CN(C)C)OCC. The molecule has 0 N–H and O–H groups in total. The number of hydrogen-bond acceptors (Lipinski definition) is 3. The van der Waals surface area contributed by atoms with E-state index in [-0.39, 0.29) is 0 Å². The van der Waals surface area contributed by atoms with Gasteiger partial charge in [0.15, 0.2) is 0 Å². The molecular weight excluding hydrogens is 156 g/mol. The van der Waals surface area contributed by atoms with E-state index in [0.717, 1.165) is 0 Å². The molecule has 0 amide bonds. The second-order valence-electron chi connectivity index (χ2n) is 2.45. The molecule has 0 aliphatic heterocycles. The number of ether oxygens (including phenoxy) is 2. The lowest BCUT2D eigenvalue weighted by Crippen LogP contribution is -2.18. The van der Waals surface area contributed by atoms with Crippen molar-refractivity contribution in [1.82, 2.24) is 4.90 Å². The van der Waals surface area contributed by atoms with Crippen LogP contribution in [0.3, 0.4) is 0 Å². The topological polar surface area (TPSA) is 34.1 Å². The second kappa shape index (κ2) is 7.06. The average Bonchev–Trinajstić information content (AvgIpc) is 2.01. The quantitative estimate of drug-likeness (QED) is 0.341. The van der Waals surface area contributed by atoms with Crippen LogP contribution in [-0.2, 0) is 9.47 Å². The fraction of sp³-hybridized carbons (Fsp3) is 0.875. The number of hydrogen-bond donors (Lipinski definition) is 0. The lowest BCUT2D eigenvalue weighted by molar-refractivity contribution is -0.129. The molecule has 0 bridgehead atoms. The van der Waals surface area contributed by atoms with Gasteiger partial charge < -0.3 is 14.4 Å². The van der Waals surface area contributed by atoms with Crippen LogP contribution in [0.1, 0.15) is 13.8 Å². The molecule has 4 nitrogen and oxygen atoms in total. The summed E-state index contributed by atoms with van der Waals surface area (Å²) in [6, 6.07) is 0. The summed E-state index contributed by atoms with van der Waals surface area (Å²) in [5, 5.41) is 0. The zero-order valence-electron chi connectivity index (χ0n) is 8.28. The largest absolute Gasteiger partial charge is 0.369 e. The highest BCUT2D eigenvalue weighted by Gasteiger charge is 2.02. The van der Waals surface area contributed by atoms with E-state index in [9.17, 15) is 0 Å². The molecule has 0 saturated heterocycles. The first kappa shape index (κ1) is 11.4. The van der Waals surface area contributed by atoms with Gasteiger partial charge in [0.25, 0.3) is 6.41 Å². The van der Waals surface area contributed by atoms with Crippen LogP contribution >= 0.6 is 0 Å². The van der Waals surface area contributed by atoms with E-state index in [2.05, 4.69) is 4.99 Å². The van der Waals surface area contributed by atoms with Crippen molar-refractivity contribution >= 4 is 6.34 Å². The highest BCUT2D eigenvalue weighted by Crippen LogP contribution is 1.95. The number of nitrogens with zero attached hydrogens (tertiary/aromatic N) is 2. The maximum absolute atomic E-state index is 5.19. The monoisotopic (exact) mass is 174 g/mol. The summed E-state index contributed by atoms with van der Waals surface area (Å²) in [7, 11) is 3.80. The van der Waals surface area contributed by atoms with Crippen LogP contribution in [-0.4, -0.2) is 45.0 Å². The standard InChI is InChI=1S/C8H18N2O2/c1-5-11-8(12-6-2)9-7-10(3)4/h7-8H,5-6H2,1-4H3. The van der Waals surface area contributed by atoms with Gasteiger partial charge in [0.1, 0.15) is 0 Å². The van der Waals surface area contributed by atoms with Crippen LogP contribution < -0.4 is 0 Å². The van der Waals surface area contributed by atoms with Crippen LogP contribution in [0.2, 0.25) is 0 Å². The first-order valence-electron chi connectivity index (χ1n) is 4.13. The van der Waals surface area contributed by atoms with Crippen molar-refractivity contribution in [2.24, 2.45) is 4.99 Å². The fourth-order valence-corrected chi connectivity index (χ4v) is 0.607. The molecule has 0 aromatic rings. The lowest BCUT2D eigenvalue weighted by atomic mass is 10.8. The molecule has 0 aromatic heterocycles. The maximum atomic E-state index is 5.19. The van der Waals surface area contributed by atoms with Gasteiger partial charge in [-0.05, 0) is 13.8 Å². The highest BCUT2D eigenvalue weighted by atomic mass is 16.7. The molecule has 0 atom stereocenters. The van der Waals surface area contributed by atoms with E-state index in [1.165, 1.54) is 0 Å². The molecule has 72 valence electrons. The Kier molecular flexibility index (Phi) is 6.70. The van der Waals surface area contributed by atoms with Crippen LogP contribution in [0.15, 0.2) is 4.99 Å². The molecule has 0 heterocycles. The van der Waals surface area contributed by atoms with E-state index in [0.29, 0.717) is 13.2 Å². The van der Waals surface area contributed by atoms with Gasteiger partial charge in [-0.3, -0.25) is 0 Å².